The van der Waals surface area contributed by atoms with Gasteiger partial charge in [-0.3, -0.25) is 9.89 Å². The monoisotopic (exact) mass is 397 g/mol. The summed E-state index contributed by atoms with van der Waals surface area (Å²) in [6, 6.07) is 13.1. The number of nitriles is 1. The van der Waals surface area contributed by atoms with E-state index >= 15 is 0 Å². The van der Waals surface area contributed by atoms with Crippen LogP contribution < -0.4 is 4.74 Å². The van der Waals surface area contributed by atoms with Crippen molar-refractivity contribution in [3.63, 3.8) is 0 Å². The molecule has 0 bridgehead atoms. The van der Waals surface area contributed by atoms with Gasteiger partial charge in [-0.15, -0.1) is 5.10 Å². The number of rotatable bonds is 9. The zero-order valence-electron chi connectivity index (χ0n) is 15.3. The van der Waals surface area contributed by atoms with Crippen LogP contribution in [0.1, 0.15) is 12.2 Å². The van der Waals surface area contributed by atoms with Gasteiger partial charge in [0.05, 0.1) is 38.2 Å². The Morgan fingerprint density at radius 1 is 1.36 bits per heavy atom. The van der Waals surface area contributed by atoms with Crippen LogP contribution in [0.3, 0.4) is 0 Å². The molecule has 2 aromatic heterocycles. The Morgan fingerprint density at radius 2 is 2.18 bits per heavy atom. The van der Waals surface area contributed by atoms with Crippen molar-refractivity contribution in [2.45, 2.75) is 18.1 Å². The van der Waals surface area contributed by atoms with E-state index in [4.69, 9.17) is 14.4 Å². The van der Waals surface area contributed by atoms with Crippen LogP contribution in [0.15, 0.2) is 52.2 Å². The molecule has 0 saturated heterocycles. The van der Waals surface area contributed by atoms with Gasteiger partial charge in [-0.1, -0.05) is 11.8 Å². The second-order valence-corrected chi connectivity index (χ2v) is 6.73. The highest BCUT2D eigenvalue weighted by Gasteiger charge is 2.17. The first-order valence-electron chi connectivity index (χ1n) is 8.56. The highest BCUT2D eigenvalue weighted by Crippen LogP contribution is 2.22. The van der Waals surface area contributed by atoms with Crippen LogP contribution in [0.2, 0.25) is 0 Å². The Morgan fingerprint density at radius 3 is 2.86 bits per heavy atom. The summed E-state index contributed by atoms with van der Waals surface area (Å²) in [4.78, 5) is 18.6. The molecule has 28 heavy (non-hydrogen) atoms. The van der Waals surface area contributed by atoms with Gasteiger partial charge in [-0.25, -0.2) is 4.98 Å². The number of hydrogen-bond donors (Lipinski definition) is 1. The number of H-pyrrole nitrogens is 1. The molecule has 0 unspecified atom stereocenters. The number of thioether (sulfide) groups is 1. The molecule has 0 fully saturated rings. The molecule has 1 N–H and O–H groups in total. The number of furan rings is 1. The van der Waals surface area contributed by atoms with E-state index in [1.807, 2.05) is 24.3 Å². The van der Waals surface area contributed by atoms with Gasteiger partial charge in [0.15, 0.2) is 5.82 Å². The second kappa shape index (κ2) is 9.62. The van der Waals surface area contributed by atoms with Crippen molar-refractivity contribution in [3.8, 4) is 23.2 Å². The van der Waals surface area contributed by atoms with Crippen molar-refractivity contribution in [1.82, 2.24) is 20.1 Å². The fourth-order valence-electron chi connectivity index (χ4n) is 2.47. The maximum atomic E-state index is 12.6. The summed E-state index contributed by atoms with van der Waals surface area (Å²) >= 11 is 1.24. The zero-order chi connectivity index (χ0) is 19.8. The minimum atomic E-state index is -0.104. The molecule has 0 aliphatic heterocycles. The number of ether oxygens (including phenoxy) is 1. The van der Waals surface area contributed by atoms with Crippen molar-refractivity contribution in [2.75, 3.05) is 19.4 Å². The SMILES string of the molecule is COc1ccc(-c2nc(SCC(=O)N(CCC#N)Cc3ccco3)n[nH]2)cc1. The summed E-state index contributed by atoms with van der Waals surface area (Å²) in [7, 11) is 1.61. The molecule has 0 atom stereocenters. The van der Waals surface area contributed by atoms with Crippen LogP contribution >= 0.6 is 11.8 Å². The molecule has 0 radical (unpaired) electrons. The second-order valence-electron chi connectivity index (χ2n) is 5.79. The minimum absolute atomic E-state index is 0.104. The lowest BCUT2D eigenvalue weighted by molar-refractivity contribution is -0.129. The van der Waals surface area contributed by atoms with Gasteiger partial charge < -0.3 is 14.1 Å². The summed E-state index contributed by atoms with van der Waals surface area (Å²) in [5.41, 5.74) is 0.875. The number of methoxy groups -OCH3 is 1. The maximum absolute atomic E-state index is 12.6. The lowest BCUT2D eigenvalue weighted by Gasteiger charge is -2.19. The normalized spacial score (nSPS) is 10.4. The molecule has 0 spiro atoms. The number of amides is 1. The number of hydrogen-bond acceptors (Lipinski definition) is 7. The highest BCUT2D eigenvalue weighted by molar-refractivity contribution is 7.99. The van der Waals surface area contributed by atoms with Crippen molar-refractivity contribution in [3.05, 3.63) is 48.4 Å². The van der Waals surface area contributed by atoms with Crippen molar-refractivity contribution in [1.29, 1.82) is 5.26 Å². The van der Waals surface area contributed by atoms with Crippen LogP contribution in [-0.4, -0.2) is 45.4 Å². The van der Waals surface area contributed by atoms with Gasteiger partial charge in [-0.05, 0) is 36.4 Å². The van der Waals surface area contributed by atoms with E-state index in [1.54, 1.807) is 30.4 Å². The van der Waals surface area contributed by atoms with Gasteiger partial charge in [0, 0.05) is 12.1 Å². The molecule has 0 aliphatic carbocycles. The molecule has 1 amide bonds. The summed E-state index contributed by atoms with van der Waals surface area (Å²) in [6.45, 7) is 0.681. The Labute approximate surface area is 166 Å². The number of carbonyl (C=O) groups excluding carboxylic acids is 1. The van der Waals surface area contributed by atoms with Crippen LogP contribution in [0.4, 0.5) is 0 Å². The van der Waals surface area contributed by atoms with E-state index in [-0.39, 0.29) is 18.1 Å². The molecule has 1 aromatic carbocycles. The summed E-state index contributed by atoms with van der Waals surface area (Å²) < 4.78 is 10.4. The molecule has 3 aromatic rings. The quantitative estimate of drug-likeness (QED) is 0.553. The molecular formula is C19H19N5O3S. The molecule has 8 nitrogen and oxygen atoms in total. The van der Waals surface area contributed by atoms with Crippen LogP contribution in [0.25, 0.3) is 11.4 Å². The van der Waals surface area contributed by atoms with E-state index in [0.717, 1.165) is 11.3 Å². The summed E-state index contributed by atoms with van der Waals surface area (Å²) in [5, 5.41) is 16.3. The van der Waals surface area contributed by atoms with Crippen LogP contribution in [-0.2, 0) is 11.3 Å². The molecule has 0 aliphatic rings. The average molecular weight is 397 g/mol. The van der Waals surface area contributed by atoms with E-state index in [0.29, 0.717) is 29.8 Å². The third-order valence-electron chi connectivity index (χ3n) is 3.93. The van der Waals surface area contributed by atoms with E-state index in [2.05, 4.69) is 21.3 Å². The fourth-order valence-corrected chi connectivity index (χ4v) is 3.18. The van der Waals surface area contributed by atoms with Gasteiger partial charge >= 0.3 is 0 Å². The Bertz CT molecular complexity index is 931. The van der Waals surface area contributed by atoms with E-state index in [1.165, 1.54) is 11.8 Å². The number of nitrogens with zero attached hydrogens (tertiary/aromatic N) is 4. The van der Waals surface area contributed by atoms with Gasteiger partial charge in [0.2, 0.25) is 11.1 Å². The molecular weight excluding hydrogens is 378 g/mol. The lowest BCUT2D eigenvalue weighted by atomic mass is 10.2. The first-order valence-corrected chi connectivity index (χ1v) is 9.55. The molecule has 3 rings (SSSR count). The Hall–Kier alpha value is -3.25. The largest absolute Gasteiger partial charge is 0.497 e. The summed E-state index contributed by atoms with van der Waals surface area (Å²) in [6.07, 6.45) is 1.82. The highest BCUT2D eigenvalue weighted by atomic mass is 32.2. The maximum Gasteiger partial charge on any atom is 0.233 e. The van der Waals surface area contributed by atoms with Crippen molar-refractivity contribution in [2.24, 2.45) is 0 Å². The molecule has 0 saturated carbocycles. The molecule has 9 heteroatoms. The molecule has 2 heterocycles. The standard InChI is InChI=1S/C19H19N5O3S/c1-26-15-7-5-14(6-8-15)18-21-19(23-22-18)28-13-17(25)24(10-3-9-20)12-16-4-2-11-27-16/h2,4-8,11H,3,10,12-13H2,1H3,(H,21,22,23). The van der Waals surface area contributed by atoms with Crippen LogP contribution in [0.5, 0.6) is 5.75 Å². The average Bonchev–Trinajstić information content (AvgIpc) is 3.41. The van der Waals surface area contributed by atoms with Gasteiger partial charge in [0.25, 0.3) is 0 Å². The first-order chi connectivity index (χ1) is 13.7. The third-order valence-corrected chi connectivity index (χ3v) is 4.76. The van der Waals surface area contributed by atoms with Gasteiger partial charge in [0.1, 0.15) is 11.5 Å². The van der Waals surface area contributed by atoms with Crippen LogP contribution in [0, 0.1) is 11.3 Å². The number of benzene rings is 1. The number of nitrogens with one attached hydrogen (secondary N) is 1. The van der Waals surface area contributed by atoms with E-state index in [9.17, 15) is 4.79 Å². The van der Waals surface area contributed by atoms with E-state index < -0.39 is 0 Å². The van der Waals surface area contributed by atoms with Crippen molar-refractivity contribution >= 4 is 17.7 Å². The fraction of sp³-hybridized carbons (Fsp3) is 0.263. The minimum Gasteiger partial charge on any atom is -0.497 e. The van der Waals surface area contributed by atoms with Gasteiger partial charge in [-0.2, -0.15) is 5.26 Å². The zero-order valence-corrected chi connectivity index (χ0v) is 16.1. The number of aromatic nitrogens is 3. The topological polar surface area (TPSA) is 108 Å². The smallest absolute Gasteiger partial charge is 0.233 e. The lowest BCUT2D eigenvalue weighted by Crippen LogP contribution is -2.32. The first kappa shape index (κ1) is 19.5. The third kappa shape index (κ3) is 5.14. The predicted octanol–water partition coefficient (Wildman–Crippen LogP) is 3.11. The Balaban J connectivity index is 1.59. The number of carbonyl (C=O) groups is 1. The van der Waals surface area contributed by atoms with Crippen molar-refractivity contribution < 1.29 is 13.9 Å². The Kier molecular flexibility index (Phi) is 6.70. The molecule has 144 valence electrons. The number of aromatic amines is 1. The predicted molar refractivity (Wildman–Crippen MR) is 103 cm³/mol. The summed E-state index contributed by atoms with van der Waals surface area (Å²) in [5.74, 6) is 2.13.